The predicted molar refractivity (Wildman–Crippen MR) is 71.0 cm³/mol. The van der Waals surface area contributed by atoms with Crippen molar-refractivity contribution >= 4 is 22.4 Å². The third-order valence-corrected chi connectivity index (χ3v) is 3.23. The highest BCUT2D eigenvalue weighted by atomic mass is 32.1. The molecule has 0 radical (unpaired) electrons. The van der Waals surface area contributed by atoms with E-state index in [-0.39, 0.29) is 12.4 Å². The number of nitrogens with one attached hydrogen (secondary N) is 1. The monoisotopic (exact) mass is 281 g/mol. The molecule has 0 aliphatic carbocycles. The van der Waals surface area contributed by atoms with E-state index in [2.05, 4.69) is 25.1 Å². The van der Waals surface area contributed by atoms with Crippen molar-refractivity contribution in [3.8, 4) is 0 Å². The maximum atomic E-state index is 11.1. The number of hydrogen-bond acceptors (Lipinski definition) is 7. The van der Waals surface area contributed by atoms with Gasteiger partial charge in [-0.25, -0.2) is 9.97 Å². The predicted octanol–water partition coefficient (Wildman–Crippen LogP) is 0.642. The molecule has 0 aliphatic heterocycles. The number of hydrogen-bond donors (Lipinski definition) is 1. The molecule has 0 amide bonds. The summed E-state index contributed by atoms with van der Waals surface area (Å²) in [7, 11) is 3.21. The van der Waals surface area contributed by atoms with Crippen LogP contribution in [-0.4, -0.2) is 39.4 Å². The number of ether oxygens (including phenoxy) is 1. The largest absolute Gasteiger partial charge is 0.469 e. The van der Waals surface area contributed by atoms with Crippen LogP contribution in [0.4, 0.5) is 5.13 Å². The van der Waals surface area contributed by atoms with Crippen LogP contribution in [0.3, 0.4) is 0 Å². The average Bonchev–Trinajstić information content (AvgIpc) is 2.99. The molecular formula is C11H15N5O2S. The maximum Gasteiger partial charge on any atom is 0.311 e. The van der Waals surface area contributed by atoms with Crippen molar-refractivity contribution in [2.24, 2.45) is 7.05 Å². The summed E-state index contributed by atoms with van der Waals surface area (Å²) in [6, 6.07) is 0. The number of thiazole rings is 1. The molecule has 0 aromatic carbocycles. The number of aromatic nitrogens is 4. The number of rotatable bonds is 6. The van der Waals surface area contributed by atoms with Crippen LogP contribution in [0.15, 0.2) is 11.7 Å². The highest BCUT2D eigenvalue weighted by Gasteiger charge is 2.07. The fraction of sp³-hybridized carbons (Fsp3) is 0.455. The number of methoxy groups -OCH3 is 1. The molecule has 0 unspecified atom stereocenters. The van der Waals surface area contributed by atoms with Crippen LogP contribution in [0.1, 0.15) is 11.5 Å². The molecule has 102 valence electrons. The molecule has 0 fully saturated rings. The lowest BCUT2D eigenvalue weighted by molar-refractivity contribution is -0.139. The van der Waals surface area contributed by atoms with Crippen molar-refractivity contribution in [2.45, 2.75) is 12.8 Å². The number of esters is 1. The minimum absolute atomic E-state index is 0.205. The smallest absolute Gasteiger partial charge is 0.311 e. The lowest BCUT2D eigenvalue weighted by Crippen LogP contribution is -2.07. The number of aryl methyl sites for hydroxylation is 1. The molecule has 0 saturated heterocycles. The van der Waals surface area contributed by atoms with Gasteiger partial charge in [0.2, 0.25) is 0 Å². The van der Waals surface area contributed by atoms with E-state index in [1.165, 1.54) is 18.4 Å². The zero-order valence-corrected chi connectivity index (χ0v) is 11.6. The first kappa shape index (κ1) is 13.5. The van der Waals surface area contributed by atoms with Gasteiger partial charge >= 0.3 is 5.97 Å². The second-order valence-corrected chi connectivity index (χ2v) is 4.77. The van der Waals surface area contributed by atoms with Gasteiger partial charge in [0.15, 0.2) is 11.0 Å². The second-order valence-electron chi connectivity index (χ2n) is 3.91. The SMILES string of the molecule is COC(=O)Cc1csc(NCCc2ncn(C)n2)n1. The lowest BCUT2D eigenvalue weighted by atomic mass is 10.3. The van der Waals surface area contributed by atoms with Gasteiger partial charge in [-0.2, -0.15) is 5.10 Å². The van der Waals surface area contributed by atoms with Crippen molar-refractivity contribution in [1.82, 2.24) is 19.7 Å². The van der Waals surface area contributed by atoms with Gasteiger partial charge in [0, 0.05) is 25.4 Å². The first-order valence-corrected chi connectivity index (χ1v) is 6.65. The van der Waals surface area contributed by atoms with Crippen LogP contribution in [0, 0.1) is 0 Å². The van der Waals surface area contributed by atoms with Gasteiger partial charge in [0.05, 0.1) is 19.2 Å². The van der Waals surface area contributed by atoms with Crippen LogP contribution < -0.4 is 5.32 Å². The van der Waals surface area contributed by atoms with Crippen LogP contribution >= 0.6 is 11.3 Å². The second kappa shape index (κ2) is 6.28. The summed E-state index contributed by atoms with van der Waals surface area (Å²) in [4.78, 5) is 19.5. The summed E-state index contributed by atoms with van der Waals surface area (Å²) >= 11 is 1.47. The van der Waals surface area contributed by atoms with Gasteiger partial charge in [0.1, 0.15) is 6.33 Å². The molecule has 2 heterocycles. The van der Waals surface area contributed by atoms with Gasteiger partial charge in [-0.3, -0.25) is 9.48 Å². The Hall–Kier alpha value is -1.96. The van der Waals surface area contributed by atoms with E-state index in [1.807, 2.05) is 12.4 Å². The Morgan fingerprint density at radius 2 is 2.42 bits per heavy atom. The Bertz CT molecular complexity index is 551. The van der Waals surface area contributed by atoms with E-state index in [0.29, 0.717) is 6.54 Å². The molecule has 8 heteroatoms. The minimum atomic E-state index is -0.283. The van der Waals surface area contributed by atoms with Gasteiger partial charge in [-0.15, -0.1) is 11.3 Å². The molecule has 0 bridgehead atoms. The zero-order valence-electron chi connectivity index (χ0n) is 10.8. The summed E-state index contributed by atoms with van der Waals surface area (Å²) in [6.07, 6.45) is 2.61. The van der Waals surface area contributed by atoms with Gasteiger partial charge in [0.25, 0.3) is 0 Å². The van der Waals surface area contributed by atoms with Crippen molar-refractivity contribution in [1.29, 1.82) is 0 Å². The van der Waals surface area contributed by atoms with Crippen LogP contribution in [0.25, 0.3) is 0 Å². The fourth-order valence-corrected chi connectivity index (χ4v) is 2.21. The molecular weight excluding hydrogens is 266 g/mol. The molecule has 2 aromatic heterocycles. The minimum Gasteiger partial charge on any atom is -0.469 e. The Kier molecular flexibility index (Phi) is 4.45. The molecule has 0 aliphatic rings. The molecule has 19 heavy (non-hydrogen) atoms. The first-order valence-electron chi connectivity index (χ1n) is 5.77. The number of carbonyl (C=O) groups is 1. The topological polar surface area (TPSA) is 81.9 Å². The van der Waals surface area contributed by atoms with E-state index >= 15 is 0 Å². The quantitative estimate of drug-likeness (QED) is 0.783. The molecule has 0 spiro atoms. The zero-order chi connectivity index (χ0) is 13.7. The normalized spacial score (nSPS) is 10.4. The van der Waals surface area contributed by atoms with Gasteiger partial charge < -0.3 is 10.1 Å². The molecule has 0 atom stereocenters. The highest BCUT2D eigenvalue weighted by molar-refractivity contribution is 7.13. The van der Waals surface area contributed by atoms with E-state index in [0.717, 1.165) is 23.1 Å². The summed E-state index contributed by atoms with van der Waals surface area (Å²) in [5.74, 6) is 0.510. The van der Waals surface area contributed by atoms with E-state index in [9.17, 15) is 4.79 Å². The van der Waals surface area contributed by atoms with Gasteiger partial charge in [-0.1, -0.05) is 0 Å². The number of anilines is 1. The fourth-order valence-electron chi connectivity index (χ4n) is 1.47. The highest BCUT2D eigenvalue weighted by Crippen LogP contribution is 2.15. The summed E-state index contributed by atoms with van der Waals surface area (Å²) in [6.45, 7) is 0.704. The van der Waals surface area contributed by atoms with Crippen LogP contribution in [0.2, 0.25) is 0 Å². The van der Waals surface area contributed by atoms with Crippen molar-refractivity contribution in [3.05, 3.63) is 23.2 Å². The third kappa shape index (κ3) is 4.02. The lowest BCUT2D eigenvalue weighted by Gasteiger charge is -1.99. The maximum absolute atomic E-state index is 11.1. The van der Waals surface area contributed by atoms with Crippen molar-refractivity contribution in [3.63, 3.8) is 0 Å². The van der Waals surface area contributed by atoms with E-state index in [4.69, 9.17) is 0 Å². The summed E-state index contributed by atoms with van der Waals surface area (Å²) < 4.78 is 6.26. The first-order chi connectivity index (χ1) is 9.17. The Labute approximate surface area is 114 Å². The van der Waals surface area contributed by atoms with Crippen molar-refractivity contribution < 1.29 is 9.53 Å². The summed E-state index contributed by atoms with van der Waals surface area (Å²) in [5, 5.41) is 10.00. The Morgan fingerprint density at radius 3 is 3.11 bits per heavy atom. The number of nitrogens with zero attached hydrogens (tertiary/aromatic N) is 4. The van der Waals surface area contributed by atoms with E-state index < -0.39 is 0 Å². The molecule has 1 N–H and O–H groups in total. The third-order valence-electron chi connectivity index (χ3n) is 2.38. The summed E-state index contributed by atoms with van der Waals surface area (Å²) in [5.41, 5.74) is 0.718. The Morgan fingerprint density at radius 1 is 1.58 bits per heavy atom. The average molecular weight is 281 g/mol. The van der Waals surface area contributed by atoms with Crippen molar-refractivity contribution in [2.75, 3.05) is 19.0 Å². The van der Waals surface area contributed by atoms with Crippen LogP contribution in [0.5, 0.6) is 0 Å². The Balaban J connectivity index is 1.78. The molecule has 7 nitrogen and oxygen atoms in total. The molecule has 2 rings (SSSR count). The standard InChI is InChI=1S/C11H15N5O2S/c1-16-7-13-9(15-16)3-4-12-11-14-8(6-19-11)5-10(17)18-2/h6-7H,3-5H2,1-2H3,(H,12,14). The van der Waals surface area contributed by atoms with Crippen LogP contribution in [-0.2, 0) is 29.4 Å². The van der Waals surface area contributed by atoms with E-state index in [1.54, 1.807) is 11.0 Å². The van der Waals surface area contributed by atoms with Gasteiger partial charge in [-0.05, 0) is 0 Å². The number of carbonyl (C=O) groups excluding carboxylic acids is 1. The molecule has 0 saturated carbocycles. The molecule has 2 aromatic rings.